The molecular weight excluding hydrogens is 591 g/mol. The molecule has 6 nitrogen and oxygen atoms in total. The molecular formula is C39H35N3O3S. The van der Waals surface area contributed by atoms with E-state index in [9.17, 15) is 14.4 Å². The van der Waals surface area contributed by atoms with Crippen molar-refractivity contribution in [3.05, 3.63) is 167 Å². The summed E-state index contributed by atoms with van der Waals surface area (Å²) in [5, 5.41) is 8.34. The minimum absolute atomic E-state index is 0.101. The van der Waals surface area contributed by atoms with Crippen molar-refractivity contribution in [1.82, 2.24) is 5.32 Å². The van der Waals surface area contributed by atoms with Crippen molar-refractivity contribution in [3.8, 4) is 0 Å². The average molecular weight is 626 g/mol. The quantitative estimate of drug-likeness (QED) is 0.102. The molecule has 0 fully saturated rings. The van der Waals surface area contributed by atoms with Crippen LogP contribution in [0, 0.1) is 6.92 Å². The number of aryl methyl sites for hydroxylation is 2. The second-order valence-electron chi connectivity index (χ2n) is 10.6. The van der Waals surface area contributed by atoms with Gasteiger partial charge in [0.15, 0.2) is 0 Å². The minimum atomic E-state index is -0.546. The van der Waals surface area contributed by atoms with Gasteiger partial charge in [0.05, 0.1) is 0 Å². The number of thioether (sulfide) groups is 1. The highest BCUT2D eigenvalue weighted by atomic mass is 32.2. The van der Waals surface area contributed by atoms with Crippen molar-refractivity contribution in [2.75, 3.05) is 10.6 Å². The first-order valence-electron chi connectivity index (χ1n) is 15.1. The molecule has 0 radical (unpaired) electrons. The van der Waals surface area contributed by atoms with Crippen molar-refractivity contribution >= 4 is 46.9 Å². The Bertz CT molecular complexity index is 1840. The zero-order valence-electron chi connectivity index (χ0n) is 25.7. The van der Waals surface area contributed by atoms with E-state index in [1.54, 1.807) is 36.4 Å². The van der Waals surface area contributed by atoms with Crippen LogP contribution in [0.25, 0.3) is 6.08 Å². The number of rotatable bonds is 11. The van der Waals surface area contributed by atoms with Crippen LogP contribution in [-0.2, 0) is 16.0 Å². The standard InChI is InChI=1S/C39H35N3O3S/c1-3-29-22-13-15-27(2)35(29)42-39(45)36(30-18-9-5-10-19-30)46-33-24-14-23-32(26-33)40-38(44)34(25-28-16-7-4-8-17-28)41-37(43)31-20-11-6-12-21-31/h4-26,36H,3H2,1-2H3,(H,40,44)(H,41,43)(H,42,45)/b34-25-. The van der Waals surface area contributed by atoms with Gasteiger partial charge in [-0.05, 0) is 72.0 Å². The highest BCUT2D eigenvalue weighted by molar-refractivity contribution is 8.00. The fourth-order valence-electron chi connectivity index (χ4n) is 4.93. The van der Waals surface area contributed by atoms with Gasteiger partial charge in [-0.2, -0.15) is 0 Å². The fraction of sp³-hybridized carbons (Fsp3) is 0.103. The van der Waals surface area contributed by atoms with Crippen LogP contribution in [0.3, 0.4) is 0 Å². The summed E-state index contributed by atoms with van der Waals surface area (Å²) in [7, 11) is 0. The van der Waals surface area contributed by atoms with Crippen LogP contribution in [0.15, 0.2) is 144 Å². The molecule has 230 valence electrons. The van der Waals surface area contributed by atoms with E-state index in [-0.39, 0.29) is 17.5 Å². The largest absolute Gasteiger partial charge is 0.324 e. The Hall–Kier alpha value is -5.40. The van der Waals surface area contributed by atoms with Gasteiger partial charge in [-0.25, -0.2) is 0 Å². The first-order valence-corrected chi connectivity index (χ1v) is 15.9. The second kappa shape index (κ2) is 15.5. The number of benzene rings is 5. The van der Waals surface area contributed by atoms with E-state index in [0.29, 0.717) is 11.3 Å². The van der Waals surface area contributed by atoms with Gasteiger partial charge in [-0.1, -0.05) is 110 Å². The molecule has 3 amide bonds. The van der Waals surface area contributed by atoms with E-state index in [1.807, 2.05) is 110 Å². The van der Waals surface area contributed by atoms with Crippen LogP contribution >= 0.6 is 11.8 Å². The summed E-state index contributed by atoms with van der Waals surface area (Å²) in [6, 6.07) is 41.1. The van der Waals surface area contributed by atoms with Gasteiger partial charge < -0.3 is 16.0 Å². The smallest absolute Gasteiger partial charge is 0.272 e. The van der Waals surface area contributed by atoms with Crippen LogP contribution < -0.4 is 16.0 Å². The molecule has 0 aliphatic rings. The lowest BCUT2D eigenvalue weighted by molar-refractivity contribution is -0.116. The first kappa shape index (κ1) is 32.0. The molecule has 0 aliphatic carbocycles. The topological polar surface area (TPSA) is 87.3 Å². The molecule has 5 aromatic carbocycles. The molecule has 0 aromatic heterocycles. The van der Waals surface area contributed by atoms with E-state index < -0.39 is 11.2 Å². The van der Waals surface area contributed by atoms with Crippen molar-refractivity contribution in [2.24, 2.45) is 0 Å². The summed E-state index contributed by atoms with van der Waals surface area (Å²) in [6.45, 7) is 4.07. The van der Waals surface area contributed by atoms with Crippen LogP contribution in [0.1, 0.15) is 44.8 Å². The first-order chi connectivity index (χ1) is 22.4. The Morgan fingerprint density at radius 1 is 0.739 bits per heavy atom. The molecule has 1 atom stereocenters. The lowest BCUT2D eigenvalue weighted by atomic mass is 10.1. The number of carbonyl (C=O) groups is 3. The summed E-state index contributed by atoms with van der Waals surface area (Å²) in [5.74, 6) is -0.996. The highest BCUT2D eigenvalue weighted by Crippen LogP contribution is 2.38. The number of anilines is 2. The molecule has 0 heterocycles. The van der Waals surface area contributed by atoms with Crippen LogP contribution in [0.4, 0.5) is 11.4 Å². The molecule has 5 aromatic rings. The van der Waals surface area contributed by atoms with Crippen molar-refractivity contribution in [1.29, 1.82) is 0 Å². The van der Waals surface area contributed by atoms with Crippen molar-refractivity contribution in [3.63, 3.8) is 0 Å². The number of hydrogen-bond donors (Lipinski definition) is 3. The lowest BCUT2D eigenvalue weighted by Crippen LogP contribution is -2.30. The number of hydrogen-bond acceptors (Lipinski definition) is 4. The molecule has 0 aliphatic heterocycles. The predicted octanol–water partition coefficient (Wildman–Crippen LogP) is 8.44. The van der Waals surface area contributed by atoms with Gasteiger partial charge in [0.1, 0.15) is 10.9 Å². The summed E-state index contributed by atoms with van der Waals surface area (Å²) in [5.41, 5.74) is 5.63. The third kappa shape index (κ3) is 8.40. The third-order valence-corrected chi connectivity index (χ3v) is 8.56. The number of nitrogens with one attached hydrogen (secondary N) is 3. The molecule has 0 spiro atoms. The molecule has 0 bridgehead atoms. The lowest BCUT2D eigenvalue weighted by Gasteiger charge is -2.20. The Labute approximate surface area is 274 Å². The van der Waals surface area contributed by atoms with Crippen LogP contribution in [0.2, 0.25) is 0 Å². The van der Waals surface area contributed by atoms with Crippen LogP contribution in [-0.4, -0.2) is 17.7 Å². The van der Waals surface area contributed by atoms with Gasteiger partial charge in [0, 0.05) is 21.8 Å². The average Bonchev–Trinajstić information content (AvgIpc) is 3.09. The van der Waals surface area contributed by atoms with Crippen LogP contribution in [0.5, 0.6) is 0 Å². The Kier molecular flexibility index (Phi) is 10.8. The zero-order chi connectivity index (χ0) is 32.3. The third-order valence-electron chi connectivity index (χ3n) is 7.31. The van der Waals surface area contributed by atoms with Gasteiger partial charge in [-0.15, -0.1) is 11.8 Å². The maximum atomic E-state index is 13.8. The maximum Gasteiger partial charge on any atom is 0.272 e. The predicted molar refractivity (Wildman–Crippen MR) is 188 cm³/mol. The zero-order valence-corrected chi connectivity index (χ0v) is 26.5. The molecule has 46 heavy (non-hydrogen) atoms. The minimum Gasteiger partial charge on any atom is -0.324 e. The number of amides is 3. The van der Waals surface area contributed by atoms with E-state index in [0.717, 1.165) is 39.3 Å². The molecule has 0 saturated carbocycles. The summed E-state index contributed by atoms with van der Waals surface area (Å²) in [6.07, 6.45) is 2.44. The maximum absolute atomic E-state index is 13.8. The summed E-state index contributed by atoms with van der Waals surface area (Å²) >= 11 is 1.40. The SMILES string of the molecule is CCc1cccc(C)c1NC(=O)C(Sc1cccc(NC(=O)/C(=C/c2ccccc2)NC(=O)c2ccccc2)c1)c1ccccc1. The van der Waals surface area contributed by atoms with Gasteiger partial charge >= 0.3 is 0 Å². The summed E-state index contributed by atoms with van der Waals surface area (Å²) < 4.78 is 0. The molecule has 3 N–H and O–H groups in total. The Morgan fingerprint density at radius 3 is 2.09 bits per heavy atom. The molecule has 5 rings (SSSR count). The Morgan fingerprint density at radius 2 is 1.39 bits per heavy atom. The van der Waals surface area contributed by atoms with E-state index in [4.69, 9.17) is 0 Å². The summed E-state index contributed by atoms with van der Waals surface area (Å²) in [4.78, 5) is 41.2. The molecule has 0 saturated heterocycles. The van der Waals surface area contributed by atoms with Gasteiger partial charge in [0.2, 0.25) is 5.91 Å². The van der Waals surface area contributed by atoms with E-state index in [1.165, 1.54) is 11.8 Å². The monoisotopic (exact) mass is 625 g/mol. The fourth-order valence-corrected chi connectivity index (χ4v) is 6.02. The number of para-hydroxylation sites is 1. The van der Waals surface area contributed by atoms with Crippen molar-refractivity contribution in [2.45, 2.75) is 30.4 Å². The normalized spacial score (nSPS) is 11.7. The van der Waals surface area contributed by atoms with E-state index in [2.05, 4.69) is 22.9 Å². The number of carbonyl (C=O) groups excluding carboxylic acids is 3. The second-order valence-corrected chi connectivity index (χ2v) is 11.8. The van der Waals surface area contributed by atoms with Gasteiger partial charge in [0.25, 0.3) is 11.8 Å². The van der Waals surface area contributed by atoms with E-state index >= 15 is 0 Å². The molecule has 1 unspecified atom stereocenters. The highest BCUT2D eigenvalue weighted by Gasteiger charge is 2.24. The molecule has 7 heteroatoms. The van der Waals surface area contributed by atoms with Crippen molar-refractivity contribution < 1.29 is 14.4 Å². The Balaban J connectivity index is 1.38. The van der Waals surface area contributed by atoms with Gasteiger partial charge in [-0.3, -0.25) is 14.4 Å².